The maximum absolute atomic E-state index is 11.4. The summed E-state index contributed by atoms with van der Waals surface area (Å²) in [5, 5.41) is 0. The van der Waals surface area contributed by atoms with Crippen molar-refractivity contribution in [3.63, 3.8) is 0 Å². The van der Waals surface area contributed by atoms with Crippen molar-refractivity contribution in [2.75, 3.05) is 18.6 Å². The number of ether oxygens (including phenoxy) is 1. The van der Waals surface area contributed by atoms with E-state index in [9.17, 15) is 4.79 Å². The quantitative estimate of drug-likeness (QED) is 0.0755. The van der Waals surface area contributed by atoms with Crippen LogP contribution in [0.3, 0.4) is 0 Å². The van der Waals surface area contributed by atoms with Gasteiger partial charge in [-0.15, -0.1) is 46.2 Å². The van der Waals surface area contributed by atoms with Crippen LogP contribution in [0.2, 0.25) is 0 Å². The van der Waals surface area contributed by atoms with Gasteiger partial charge >= 0.3 is 5.97 Å². The van der Waals surface area contributed by atoms with Crippen LogP contribution in [0, 0.1) is 3.14 Å². The molecule has 0 aromatic carbocycles. The smallest absolute Gasteiger partial charge is 0.316 e. The molecule has 0 aliphatic heterocycles. The first-order chi connectivity index (χ1) is 14.7. The molecular formula is C23H40O2S5. The summed E-state index contributed by atoms with van der Waals surface area (Å²) in [7, 11) is 1.44. The van der Waals surface area contributed by atoms with E-state index in [1.165, 1.54) is 112 Å². The highest BCUT2D eigenvalue weighted by Crippen LogP contribution is 2.41. The van der Waals surface area contributed by atoms with Crippen molar-refractivity contribution in [1.29, 1.82) is 0 Å². The molecule has 0 unspecified atom stereocenters. The number of thioether (sulfide) groups is 2. The lowest BCUT2D eigenvalue weighted by Crippen LogP contribution is -2.02. The van der Waals surface area contributed by atoms with Crippen LogP contribution >= 0.6 is 58.4 Å². The van der Waals surface area contributed by atoms with Gasteiger partial charge < -0.3 is 4.74 Å². The fraction of sp³-hybridized carbons (Fsp3) is 0.826. The van der Waals surface area contributed by atoms with Gasteiger partial charge in [0.05, 0.1) is 21.3 Å². The average Bonchev–Trinajstić information content (AvgIpc) is 3.10. The minimum atomic E-state index is -0.178. The summed E-state index contributed by atoms with van der Waals surface area (Å²) in [6, 6.07) is 0. The molecule has 7 heteroatoms. The molecule has 1 rings (SSSR count). The second-order valence-electron chi connectivity index (χ2n) is 7.69. The summed E-state index contributed by atoms with van der Waals surface area (Å²) in [5.74, 6) is 1.33. The summed E-state index contributed by atoms with van der Waals surface area (Å²) in [6.45, 7) is 2.29. The highest BCUT2D eigenvalue weighted by atomic mass is 32.2. The molecule has 30 heavy (non-hydrogen) atoms. The number of hydrogen-bond acceptors (Lipinski definition) is 7. The Balaban J connectivity index is 1.93. The van der Waals surface area contributed by atoms with E-state index in [-0.39, 0.29) is 5.97 Å². The van der Waals surface area contributed by atoms with Gasteiger partial charge in [-0.25, -0.2) is 0 Å². The molecular weight excluding hydrogens is 469 g/mol. The number of carbonyl (C=O) groups excluding carboxylic acids is 1. The molecule has 0 saturated heterocycles. The van der Waals surface area contributed by atoms with E-state index in [4.69, 9.17) is 17.0 Å². The predicted octanol–water partition coefficient (Wildman–Crippen LogP) is 9.77. The van der Waals surface area contributed by atoms with E-state index in [1.54, 1.807) is 34.4 Å². The molecule has 1 heterocycles. The predicted molar refractivity (Wildman–Crippen MR) is 141 cm³/mol. The Bertz CT molecular complexity index is 597. The van der Waals surface area contributed by atoms with Crippen molar-refractivity contribution in [2.45, 2.75) is 112 Å². The molecule has 0 amide bonds. The Morgan fingerprint density at radius 3 is 1.67 bits per heavy atom. The van der Waals surface area contributed by atoms with Crippen LogP contribution in [0.5, 0.6) is 0 Å². The minimum absolute atomic E-state index is 0.178. The molecule has 1 aromatic heterocycles. The highest BCUT2D eigenvalue weighted by molar-refractivity contribution is 8.05. The molecule has 2 nitrogen and oxygen atoms in total. The Morgan fingerprint density at radius 2 is 1.20 bits per heavy atom. The first-order valence-corrected chi connectivity index (χ1v) is 15.6. The Hall–Kier alpha value is 0.440. The minimum Gasteiger partial charge on any atom is -0.468 e. The topological polar surface area (TPSA) is 26.3 Å². The van der Waals surface area contributed by atoms with Crippen molar-refractivity contribution >= 4 is 64.4 Å². The van der Waals surface area contributed by atoms with Gasteiger partial charge in [0, 0.05) is 0 Å². The average molecular weight is 509 g/mol. The van der Waals surface area contributed by atoms with E-state index in [2.05, 4.69) is 6.92 Å². The second kappa shape index (κ2) is 20.1. The third kappa shape index (κ3) is 15.3. The third-order valence-corrected chi connectivity index (χ3v) is 10.7. The third-order valence-electron chi connectivity index (χ3n) is 5.05. The Kier molecular flexibility index (Phi) is 19.1. The van der Waals surface area contributed by atoms with E-state index in [0.717, 1.165) is 8.89 Å². The largest absolute Gasteiger partial charge is 0.468 e. The zero-order valence-corrected chi connectivity index (χ0v) is 23.0. The first kappa shape index (κ1) is 28.5. The van der Waals surface area contributed by atoms with Crippen molar-refractivity contribution in [2.24, 2.45) is 0 Å². The van der Waals surface area contributed by atoms with Crippen LogP contribution in [-0.4, -0.2) is 24.6 Å². The van der Waals surface area contributed by atoms with Gasteiger partial charge in [0.15, 0.2) is 0 Å². The SMILES string of the molecule is CCCCCCCCCCCCCCCCCSc1sc(=S)sc1SCC(=O)OC. The summed E-state index contributed by atoms with van der Waals surface area (Å²) in [4.78, 5) is 11.4. The van der Waals surface area contributed by atoms with Crippen LogP contribution < -0.4 is 0 Å². The standard InChI is InChI=1S/C23H40O2S5/c1-3-4-5-6-7-8-9-10-11-12-13-14-15-16-17-18-27-21-22(30-23(26)29-21)28-19-20(24)25-2/h3-19H2,1-2H3. The van der Waals surface area contributed by atoms with Crippen LogP contribution in [0.15, 0.2) is 8.42 Å². The van der Waals surface area contributed by atoms with Crippen molar-refractivity contribution in [3.05, 3.63) is 3.14 Å². The summed E-state index contributed by atoms with van der Waals surface area (Å²) in [6.07, 6.45) is 21.0. The lowest BCUT2D eigenvalue weighted by molar-refractivity contribution is -0.137. The van der Waals surface area contributed by atoms with Crippen LogP contribution in [0.1, 0.15) is 103 Å². The zero-order chi connectivity index (χ0) is 21.9. The van der Waals surface area contributed by atoms with E-state index in [0.29, 0.717) is 5.75 Å². The molecule has 0 spiro atoms. The number of unbranched alkanes of at least 4 members (excludes halogenated alkanes) is 14. The first-order valence-electron chi connectivity index (χ1n) is 11.6. The molecule has 0 aliphatic carbocycles. The van der Waals surface area contributed by atoms with Gasteiger partial charge in [0.2, 0.25) is 0 Å². The highest BCUT2D eigenvalue weighted by Gasteiger charge is 2.11. The van der Waals surface area contributed by atoms with E-state index < -0.39 is 0 Å². The van der Waals surface area contributed by atoms with Gasteiger partial charge in [-0.1, -0.05) is 109 Å². The van der Waals surface area contributed by atoms with Crippen LogP contribution in [-0.2, 0) is 9.53 Å². The number of carbonyl (C=O) groups is 1. The number of esters is 1. The number of rotatable bonds is 20. The van der Waals surface area contributed by atoms with Crippen molar-refractivity contribution in [3.8, 4) is 0 Å². The van der Waals surface area contributed by atoms with Gasteiger partial charge in [-0.3, -0.25) is 4.79 Å². The van der Waals surface area contributed by atoms with Crippen molar-refractivity contribution < 1.29 is 9.53 Å². The summed E-state index contributed by atoms with van der Waals surface area (Å²) in [5.41, 5.74) is 0. The summed E-state index contributed by atoms with van der Waals surface area (Å²) >= 11 is 12.1. The van der Waals surface area contributed by atoms with E-state index >= 15 is 0 Å². The summed E-state index contributed by atoms with van der Waals surface area (Å²) < 4.78 is 8.14. The zero-order valence-electron chi connectivity index (χ0n) is 18.9. The normalized spacial score (nSPS) is 11.1. The number of hydrogen-bond donors (Lipinski definition) is 0. The molecule has 0 radical (unpaired) electrons. The van der Waals surface area contributed by atoms with Gasteiger partial charge in [-0.2, -0.15) is 0 Å². The maximum Gasteiger partial charge on any atom is 0.316 e. The lowest BCUT2D eigenvalue weighted by atomic mass is 10.0. The molecule has 0 aliphatic rings. The Morgan fingerprint density at radius 1 is 0.767 bits per heavy atom. The molecule has 0 fully saturated rings. The van der Waals surface area contributed by atoms with Crippen LogP contribution in [0.25, 0.3) is 0 Å². The maximum atomic E-state index is 11.4. The molecule has 0 N–H and O–H groups in total. The molecule has 0 saturated carbocycles. The lowest BCUT2D eigenvalue weighted by Gasteiger charge is -2.04. The van der Waals surface area contributed by atoms with Gasteiger partial charge in [-0.05, 0) is 12.2 Å². The molecule has 1 aromatic rings. The van der Waals surface area contributed by atoms with Gasteiger partial charge in [0.25, 0.3) is 0 Å². The molecule has 174 valence electrons. The van der Waals surface area contributed by atoms with Gasteiger partial charge in [0.1, 0.15) is 3.14 Å². The van der Waals surface area contributed by atoms with Crippen molar-refractivity contribution in [1.82, 2.24) is 0 Å². The van der Waals surface area contributed by atoms with E-state index in [1.807, 2.05) is 11.8 Å². The Labute approximate surface area is 206 Å². The monoisotopic (exact) mass is 508 g/mol. The second-order valence-corrected chi connectivity index (χ2v) is 13.5. The molecule has 0 atom stereocenters. The van der Waals surface area contributed by atoms with Crippen LogP contribution in [0.4, 0.5) is 0 Å². The fourth-order valence-electron chi connectivity index (χ4n) is 3.25. The number of methoxy groups -OCH3 is 1. The molecule has 0 bridgehead atoms. The fourth-order valence-corrected chi connectivity index (χ4v) is 9.26.